The van der Waals surface area contributed by atoms with Gasteiger partial charge in [0.2, 0.25) is 0 Å². The lowest BCUT2D eigenvalue weighted by Crippen LogP contribution is -2.11. The molecule has 5 heteroatoms. The minimum absolute atomic E-state index is 0.407. The van der Waals surface area contributed by atoms with Crippen LogP contribution in [0.25, 0.3) is 0 Å². The van der Waals surface area contributed by atoms with Gasteiger partial charge in [-0.2, -0.15) is 0 Å². The van der Waals surface area contributed by atoms with Gasteiger partial charge in [0.1, 0.15) is 6.33 Å². The van der Waals surface area contributed by atoms with E-state index in [4.69, 9.17) is 16.8 Å². The Morgan fingerprint density at radius 3 is 2.60 bits per heavy atom. The molecule has 0 saturated heterocycles. The molecule has 0 radical (unpaired) electrons. The molecule has 0 saturated carbocycles. The highest BCUT2D eigenvalue weighted by Gasteiger charge is 2.05. The fourth-order valence-corrected chi connectivity index (χ4v) is 1.37. The van der Waals surface area contributed by atoms with Gasteiger partial charge in [-0.25, -0.2) is 4.98 Å². The summed E-state index contributed by atoms with van der Waals surface area (Å²) in [5.41, 5.74) is 0.764. The van der Waals surface area contributed by atoms with E-state index in [1.807, 2.05) is 0 Å². The summed E-state index contributed by atoms with van der Waals surface area (Å²) in [6, 6.07) is 7.02. The number of rotatable bonds is 1. The van der Waals surface area contributed by atoms with Gasteiger partial charge in [-0.3, -0.25) is 4.57 Å². The minimum Gasteiger partial charge on any atom is -0.409 e. The molecule has 0 aliphatic carbocycles. The lowest BCUT2D eigenvalue weighted by molar-refractivity contribution is 0.317. The second-order valence-corrected chi connectivity index (χ2v) is 3.34. The van der Waals surface area contributed by atoms with Crippen LogP contribution in [0.4, 0.5) is 0 Å². The normalized spacial score (nSPS) is 11.7. The zero-order chi connectivity index (χ0) is 10.7. The number of benzene rings is 1. The topological polar surface area (TPSA) is 50.4 Å². The lowest BCUT2D eigenvalue weighted by atomic mass is 10.2. The largest absolute Gasteiger partial charge is 0.409 e. The summed E-state index contributed by atoms with van der Waals surface area (Å²) < 4.78 is 1.61. The van der Waals surface area contributed by atoms with E-state index in [0.717, 1.165) is 5.56 Å². The minimum atomic E-state index is 0.407. The van der Waals surface area contributed by atoms with E-state index in [2.05, 4.69) is 10.1 Å². The summed E-state index contributed by atoms with van der Waals surface area (Å²) in [5, 5.41) is 12.8. The molecule has 4 nitrogen and oxygen atoms in total. The Hall–Kier alpha value is -1.81. The quantitative estimate of drug-likeness (QED) is 0.347. The van der Waals surface area contributed by atoms with Crippen LogP contribution in [0, 0.1) is 0 Å². The van der Waals surface area contributed by atoms with Crippen LogP contribution in [0.2, 0.25) is 5.02 Å². The number of hydrogen-bond acceptors (Lipinski definition) is 3. The zero-order valence-corrected chi connectivity index (χ0v) is 8.46. The molecule has 0 amide bonds. The highest BCUT2D eigenvalue weighted by Crippen LogP contribution is 2.11. The number of aromatic nitrogens is 2. The number of nitrogens with zero attached hydrogens (tertiary/aromatic N) is 3. The molecular weight excluding hydrogens is 214 g/mol. The van der Waals surface area contributed by atoms with Gasteiger partial charge in [-0.05, 0) is 24.3 Å². The van der Waals surface area contributed by atoms with Crippen LogP contribution in [0.3, 0.4) is 0 Å². The molecule has 0 bridgehead atoms. The van der Waals surface area contributed by atoms with Crippen molar-refractivity contribution in [3.63, 3.8) is 0 Å². The van der Waals surface area contributed by atoms with E-state index in [1.54, 1.807) is 47.6 Å². The van der Waals surface area contributed by atoms with Crippen molar-refractivity contribution in [2.45, 2.75) is 0 Å². The Balaban J connectivity index is 2.41. The molecule has 1 aromatic carbocycles. The van der Waals surface area contributed by atoms with Gasteiger partial charge in [0, 0.05) is 23.0 Å². The number of oxime groups is 1. The Morgan fingerprint density at radius 2 is 2.07 bits per heavy atom. The molecule has 1 heterocycles. The van der Waals surface area contributed by atoms with Gasteiger partial charge >= 0.3 is 0 Å². The highest BCUT2D eigenvalue weighted by molar-refractivity contribution is 6.30. The molecule has 0 aliphatic heterocycles. The highest BCUT2D eigenvalue weighted by atomic mass is 35.5. The first kappa shape index (κ1) is 9.73. The van der Waals surface area contributed by atoms with E-state index in [1.165, 1.54) is 0 Å². The fourth-order valence-electron chi connectivity index (χ4n) is 1.24. The third-order valence-corrected chi connectivity index (χ3v) is 2.20. The van der Waals surface area contributed by atoms with E-state index < -0.39 is 0 Å². The maximum absolute atomic E-state index is 8.93. The van der Waals surface area contributed by atoms with Crippen molar-refractivity contribution in [1.29, 1.82) is 0 Å². The van der Waals surface area contributed by atoms with Gasteiger partial charge in [-0.1, -0.05) is 16.8 Å². The second kappa shape index (κ2) is 4.14. The summed E-state index contributed by atoms with van der Waals surface area (Å²) in [6.45, 7) is 0. The van der Waals surface area contributed by atoms with Gasteiger partial charge in [0.05, 0.1) is 0 Å². The first-order chi connectivity index (χ1) is 7.31. The Bertz CT molecular complexity index is 462. The predicted molar refractivity (Wildman–Crippen MR) is 57.4 cm³/mol. The van der Waals surface area contributed by atoms with E-state index in [9.17, 15) is 0 Å². The number of hydrogen-bond donors (Lipinski definition) is 1. The Kier molecular flexibility index (Phi) is 2.69. The van der Waals surface area contributed by atoms with Crippen molar-refractivity contribution >= 4 is 17.4 Å². The van der Waals surface area contributed by atoms with Crippen molar-refractivity contribution in [2.75, 3.05) is 0 Å². The average molecular weight is 222 g/mol. The molecule has 76 valence electrons. The van der Waals surface area contributed by atoms with Crippen LogP contribution in [0.1, 0.15) is 5.56 Å². The third-order valence-electron chi connectivity index (χ3n) is 1.95. The summed E-state index contributed by atoms with van der Waals surface area (Å²) in [7, 11) is 0. The zero-order valence-electron chi connectivity index (χ0n) is 7.71. The van der Waals surface area contributed by atoms with Gasteiger partial charge in [0.25, 0.3) is 0 Å². The van der Waals surface area contributed by atoms with Crippen LogP contribution < -0.4 is 0 Å². The summed E-state index contributed by atoms with van der Waals surface area (Å²) in [5.74, 6) is 0.407. The van der Waals surface area contributed by atoms with Crippen molar-refractivity contribution < 1.29 is 5.21 Å². The molecule has 2 rings (SSSR count). The van der Waals surface area contributed by atoms with Crippen molar-refractivity contribution in [3.05, 3.63) is 53.6 Å². The molecule has 1 N–H and O–H groups in total. The molecular formula is C10H8ClN3O. The Labute approximate surface area is 91.4 Å². The fraction of sp³-hybridized carbons (Fsp3) is 0. The van der Waals surface area contributed by atoms with Crippen LogP contribution in [0.5, 0.6) is 0 Å². The molecule has 0 atom stereocenters. The van der Waals surface area contributed by atoms with Crippen LogP contribution >= 0.6 is 11.6 Å². The maximum atomic E-state index is 8.93. The average Bonchev–Trinajstić information content (AvgIpc) is 2.75. The third kappa shape index (κ3) is 1.99. The monoisotopic (exact) mass is 221 g/mol. The molecule has 2 aromatic rings. The smallest absolute Gasteiger partial charge is 0.184 e. The molecule has 0 unspecified atom stereocenters. The van der Waals surface area contributed by atoms with E-state index in [-0.39, 0.29) is 0 Å². The van der Waals surface area contributed by atoms with Gasteiger partial charge in [0.15, 0.2) is 5.84 Å². The SMILES string of the molecule is O/N=C(\c1ccc(Cl)cc1)n1ccnc1. The predicted octanol–water partition coefficient (Wildman–Crippen LogP) is 2.22. The maximum Gasteiger partial charge on any atom is 0.184 e. The van der Waals surface area contributed by atoms with Crippen molar-refractivity contribution in [3.8, 4) is 0 Å². The summed E-state index contributed by atoms with van der Waals surface area (Å²) >= 11 is 5.76. The first-order valence-corrected chi connectivity index (χ1v) is 4.65. The lowest BCUT2D eigenvalue weighted by Gasteiger charge is -2.04. The van der Waals surface area contributed by atoms with Gasteiger partial charge in [-0.15, -0.1) is 0 Å². The Morgan fingerprint density at radius 1 is 1.33 bits per heavy atom. The molecule has 0 aliphatic rings. The van der Waals surface area contributed by atoms with Crippen molar-refractivity contribution in [1.82, 2.24) is 9.55 Å². The van der Waals surface area contributed by atoms with Gasteiger partial charge < -0.3 is 5.21 Å². The van der Waals surface area contributed by atoms with Crippen LogP contribution in [-0.2, 0) is 0 Å². The first-order valence-electron chi connectivity index (χ1n) is 4.27. The summed E-state index contributed by atoms with van der Waals surface area (Å²) in [4.78, 5) is 3.88. The molecule has 0 spiro atoms. The summed E-state index contributed by atoms with van der Waals surface area (Å²) in [6.07, 6.45) is 4.87. The van der Waals surface area contributed by atoms with Crippen LogP contribution in [-0.4, -0.2) is 20.6 Å². The van der Waals surface area contributed by atoms with E-state index >= 15 is 0 Å². The number of halogens is 1. The standard InChI is InChI=1S/C10H8ClN3O/c11-9-3-1-8(2-4-9)10(13-15)14-6-5-12-7-14/h1-7,15H/b13-10+. The second-order valence-electron chi connectivity index (χ2n) is 2.90. The molecule has 0 fully saturated rings. The van der Waals surface area contributed by atoms with Crippen LogP contribution in [0.15, 0.2) is 48.1 Å². The molecule has 1 aromatic heterocycles. The van der Waals surface area contributed by atoms with E-state index in [0.29, 0.717) is 10.9 Å². The van der Waals surface area contributed by atoms with Crippen molar-refractivity contribution in [2.24, 2.45) is 5.16 Å². The molecule has 15 heavy (non-hydrogen) atoms. The number of imidazole rings is 1.